The maximum absolute atomic E-state index is 13.5. The van der Waals surface area contributed by atoms with Crippen molar-refractivity contribution in [3.63, 3.8) is 0 Å². The summed E-state index contributed by atoms with van der Waals surface area (Å²) >= 11 is 14.2. The number of esters is 2. The third-order valence-corrected chi connectivity index (χ3v) is 8.86. The first-order valence-electron chi connectivity index (χ1n) is 14.7. The summed E-state index contributed by atoms with van der Waals surface area (Å²) in [5.74, 6) is 0.178. The van der Waals surface area contributed by atoms with Crippen molar-refractivity contribution < 1.29 is 33.5 Å². The number of rotatable bonds is 16. The molecule has 2 unspecified atom stereocenters. The maximum Gasteiger partial charge on any atom is 0.348 e. The molecule has 46 heavy (non-hydrogen) atoms. The van der Waals surface area contributed by atoms with E-state index in [-0.39, 0.29) is 12.4 Å². The highest BCUT2D eigenvalue weighted by Crippen LogP contribution is 2.35. The van der Waals surface area contributed by atoms with Crippen LogP contribution in [0.2, 0.25) is 10.0 Å². The van der Waals surface area contributed by atoms with Gasteiger partial charge in [0.2, 0.25) is 0 Å². The second-order valence-electron chi connectivity index (χ2n) is 10.7. The molecule has 2 aromatic carbocycles. The smallest absolute Gasteiger partial charge is 0.348 e. The summed E-state index contributed by atoms with van der Waals surface area (Å²) in [6.07, 6.45) is 3.47. The lowest BCUT2D eigenvalue weighted by Gasteiger charge is -2.20. The molecular formula is C34H38Cl2N3O6S+. The number of hydrogen-bond acceptors (Lipinski definition) is 9. The van der Waals surface area contributed by atoms with Crippen molar-refractivity contribution in [2.24, 2.45) is 0 Å². The Labute approximate surface area is 283 Å². The number of carbonyl (C=O) groups excluding carboxylic acids is 2. The van der Waals surface area contributed by atoms with Crippen LogP contribution in [0.5, 0.6) is 11.5 Å². The molecule has 4 aromatic rings. The van der Waals surface area contributed by atoms with Crippen molar-refractivity contribution in [1.29, 1.82) is 0 Å². The highest BCUT2D eigenvalue weighted by molar-refractivity contribution is 7.13. The third kappa shape index (κ3) is 9.67. The Morgan fingerprint density at radius 3 is 2.33 bits per heavy atom. The molecule has 0 fully saturated rings. The molecule has 0 aliphatic carbocycles. The van der Waals surface area contributed by atoms with Crippen LogP contribution in [0.1, 0.15) is 49.8 Å². The Morgan fingerprint density at radius 2 is 1.65 bits per heavy atom. The summed E-state index contributed by atoms with van der Waals surface area (Å²) in [5.41, 5.74) is 2.11. The van der Waals surface area contributed by atoms with Gasteiger partial charge in [-0.15, -0.1) is 11.3 Å². The minimum Gasteiger partial charge on any atom is -0.493 e. The van der Waals surface area contributed by atoms with Crippen molar-refractivity contribution in [3.8, 4) is 11.5 Å². The van der Waals surface area contributed by atoms with E-state index in [0.29, 0.717) is 50.7 Å². The number of carbonyl (C=O) groups is 2. The Morgan fingerprint density at radius 1 is 0.935 bits per heavy atom. The van der Waals surface area contributed by atoms with Gasteiger partial charge in [-0.25, -0.2) is 14.6 Å². The molecule has 12 heteroatoms. The summed E-state index contributed by atoms with van der Waals surface area (Å²) in [6.45, 7) is 1.49. The minimum atomic E-state index is -0.738. The number of thiophene rings is 1. The average molecular weight is 688 g/mol. The molecular weight excluding hydrogens is 649 g/mol. The summed E-state index contributed by atoms with van der Waals surface area (Å²) in [7, 11) is 7.05. The zero-order chi connectivity index (χ0) is 33.1. The van der Waals surface area contributed by atoms with Gasteiger partial charge in [-0.05, 0) is 55.9 Å². The number of aromatic amines is 1. The number of methoxy groups -OCH3 is 2. The van der Waals surface area contributed by atoms with Crippen molar-refractivity contribution in [3.05, 3.63) is 110 Å². The van der Waals surface area contributed by atoms with Crippen LogP contribution in [0, 0.1) is 0 Å². The van der Waals surface area contributed by atoms with E-state index in [1.165, 1.54) is 18.4 Å². The number of benzene rings is 2. The number of nitrogens with zero attached hydrogens (tertiary/aromatic N) is 1. The Balaban J connectivity index is 1.49. The van der Waals surface area contributed by atoms with Crippen molar-refractivity contribution in [1.82, 2.24) is 10.2 Å². The molecule has 9 nitrogen and oxygen atoms in total. The topological polar surface area (TPSA) is 100 Å². The Bertz CT molecular complexity index is 1580. The molecule has 0 amide bonds. The van der Waals surface area contributed by atoms with Gasteiger partial charge >= 0.3 is 11.9 Å². The van der Waals surface area contributed by atoms with Gasteiger partial charge in [0.1, 0.15) is 27.1 Å². The standard InChI is InChI=1S/C34H37Cl2N3O6S/c1-39(2)15-8-16-44-34(41)32(22-9-6-5-7-10-22)38-19-24-12-14-31(46-24)33(40)45-29(18-25-26(35)20-37-21-27(25)36)23-11-13-28(42-3)30(17-23)43-4/h5-7,9-14,17,20-21,29,32,38H,8,15-16,18-19H2,1-4H3/p+1. The summed E-state index contributed by atoms with van der Waals surface area (Å²) in [6, 6.07) is 17.6. The molecule has 2 aromatic heterocycles. The number of nitrogens with one attached hydrogen (secondary N) is 2. The van der Waals surface area contributed by atoms with E-state index in [1.807, 2.05) is 61.5 Å². The Hall–Kier alpha value is -3.67. The quantitative estimate of drug-likeness (QED) is 0.108. The highest BCUT2D eigenvalue weighted by atomic mass is 35.5. The Kier molecular flexibility index (Phi) is 13.2. The monoisotopic (exact) mass is 686 g/mol. The number of aromatic nitrogens is 1. The van der Waals surface area contributed by atoms with Crippen LogP contribution in [0.3, 0.4) is 0 Å². The maximum atomic E-state index is 13.5. The van der Waals surface area contributed by atoms with Crippen molar-refractivity contribution in [2.75, 3.05) is 41.5 Å². The van der Waals surface area contributed by atoms with Crippen molar-refractivity contribution >= 4 is 46.5 Å². The first kappa shape index (κ1) is 35.2. The number of halogens is 2. The lowest BCUT2D eigenvalue weighted by atomic mass is 10.0. The predicted octanol–water partition coefficient (Wildman–Crippen LogP) is 6.35. The fourth-order valence-electron chi connectivity index (χ4n) is 4.73. The zero-order valence-electron chi connectivity index (χ0n) is 26.2. The minimum absolute atomic E-state index is 0.225. The van der Waals surface area contributed by atoms with E-state index in [2.05, 4.69) is 10.3 Å². The van der Waals surface area contributed by atoms with Gasteiger partial charge in [0.15, 0.2) is 23.9 Å². The van der Waals surface area contributed by atoms with Crippen LogP contribution in [0.4, 0.5) is 0 Å². The average Bonchev–Trinajstić information content (AvgIpc) is 3.53. The van der Waals surface area contributed by atoms with E-state index >= 15 is 0 Å². The molecule has 2 atom stereocenters. The molecule has 244 valence electrons. The summed E-state index contributed by atoms with van der Waals surface area (Å²) in [5, 5.41) is 4.14. The lowest BCUT2D eigenvalue weighted by Crippen LogP contribution is -2.30. The molecule has 0 bridgehead atoms. The molecule has 2 heterocycles. The molecule has 2 N–H and O–H groups in total. The molecule has 0 saturated carbocycles. The summed E-state index contributed by atoms with van der Waals surface area (Å²) < 4.78 is 22.5. The molecule has 0 saturated heterocycles. The van der Waals surface area contributed by atoms with E-state index in [0.717, 1.165) is 23.4 Å². The second kappa shape index (κ2) is 17.3. The van der Waals surface area contributed by atoms with E-state index in [9.17, 15) is 9.59 Å². The molecule has 0 spiro atoms. The first-order valence-corrected chi connectivity index (χ1v) is 16.2. The van der Waals surface area contributed by atoms with Crippen LogP contribution < -0.4 is 19.8 Å². The fraction of sp³-hybridized carbons (Fsp3) is 0.324. The van der Waals surface area contributed by atoms with Gasteiger partial charge < -0.3 is 23.8 Å². The molecule has 0 radical (unpaired) electrons. The zero-order valence-corrected chi connectivity index (χ0v) is 28.5. The van der Waals surface area contributed by atoms with Gasteiger partial charge in [0.05, 0.1) is 20.8 Å². The van der Waals surface area contributed by atoms with Gasteiger partial charge in [0, 0.05) is 30.0 Å². The molecule has 0 aliphatic heterocycles. The highest BCUT2D eigenvalue weighted by Gasteiger charge is 2.26. The van der Waals surface area contributed by atoms with Crippen LogP contribution in [0.25, 0.3) is 0 Å². The molecule has 0 aliphatic rings. The van der Waals surface area contributed by atoms with Gasteiger partial charge in [0.25, 0.3) is 0 Å². The van der Waals surface area contributed by atoms with Crippen molar-refractivity contribution in [2.45, 2.75) is 31.5 Å². The van der Waals surface area contributed by atoms with Crippen LogP contribution in [-0.4, -0.2) is 58.3 Å². The second-order valence-corrected chi connectivity index (χ2v) is 12.6. The summed E-state index contributed by atoms with van der Waals surface area (Å²) in [4.78, 5) is 32.8. The van der Waals surface area contributed by atoms with Crippen LogP contribution in [-0.2, 0) is 27.2 Å². The normalized spacial score (nSPS) is 12.4. The van der Waals surface area contributed by atoms with E-state index < -0.39 is 18.1 Å². The molecule has 4 rings (SSSR count). The lowest BCUT2D eigenvalue weighted by molar-refractivity contribution is -0.377. The van der Waals surface area contributed by atoms with Crippen LogP contribution in [0.15, 0.2) is 73.1 Å². The predicted molar refractivity (Wildman–Crippen MR) is 179 cm³/mol. The van der Waals surface area contributed by atoms with E-state index in [1.54, 1.807) is 37.7 Å². The number of hydrogen-bond donors (Lipinski definition) is 1. The SMILES string of the molecule is COc1ccc(C(Cc2c(Cl)c[nH+]cc2Cl)OC(=O)c2ccc(CNC(C(=O)OCCCN(C)C)c3ccccc3)s2)cc1OC. The third-order valence-electron chi connectivity index (χ3n) is 7.12. The number of pyridine rings is 1. The van der Waals surface area contributed by atoms with Gasteiger partial charge in [-0.1, -0.05) is 59.6 Å². The first-order chi connectivity index (χ1) is 22.2. The number of H-pyrrole nitrogens is 1. The number of ether oxygens (including phenoxy) is 4. The largest absolute Gasteiger partial charge is 0.493 e. The van der Waals surface area contributed by atoms with Gasteiger partial charge in [-0.3, -0.25) is 5.32 Å². The van der Waals surface area contributed by atoms with Crippen LogP contribution >= 0.6 is 34.5 Å². The van der Waals surface area contributed by atoms with Gasteiger partial charge in [-0.2, -0.15) is 0 Å². The van der Waals surface area contributed by atoms with E-state index in [4.69, 9.17) is 42.1 Å². The fourth-order valence-corrected chi connectivity index (χ4v) is 6.10.